The Morgan fingerprint density at radius 2 is 2.06 bits per heavy atom. The molecule has 18 heavy (non-hydrogen) atoms. The quantitative estimate of drug-likeness (QED) is 0.586. The number of anilines is 2. The van der Waals surface area contributed by atoms with Crippen LogP contribution in [0.4, 0.5) is 11.5 Å². The number of rotatable bonds is 4. The number of para-hydroxylation sites is 1. The van der Waals surface area contributed by atoms with Gasteiger partial charge in [-0.1, -0.05) is 19.1 Å². The van der Waals surface area contributed by atoms with E-state index < -0.39 is 0 Å². The number of nitrogens with zero attached hydrogens (tertiary/aromatic N) is 2. The third-order valence-electron chi connectivity index (χ3n) is 2.35. The van der Waals surface area contributed by atoms with Crippen LogP contribution in [0.2, 0.25) is 0 Å². The van der Waals surface area contributed by atoms with Crippen molar-refractivity contribution >= 4 is 50.0 Å². The molecule has 1 N–H and O–H groups in total. The van der Waals surface area contributed by atoms with Crippen molar-refractivity contribution in [3.8, 4) is 0 Å². The van der Waals surface area contributed by atoms with E-state index >= 15 is 0 Å². The third kappa shape index (κ3) is 3.65. The number of nitrogens with one attached hydrogen (secondary N) is 1. The zero-order chi connectivity index (χ0) is 13.0. The van der Waals surface area contributed by atoms with E-state index in [1.165, 1.54) is 3.57 Å². The van der Waals surface area contributed by atoms with Crippen LogP contribution >= 0.6 is 38.5 Å². The first kappa shape index (κ1) is 13.7. The maximum absolute atomic E-state index is 4.50. The fourth-order valence-corrected chi connectivity index (χ4v) is 2.51. The summed E-state index contributed by atoms with van der Waals surface area (Å²) >= 11 is 5.73. The van der Waals surface area contributed by atoms with Crippen LogP contribution in [0.5, 0.6) is 0 Å². The first-order valence-electron chi connectivity index (χ1n) is 5.74. The molecule has 0 atom stereocenters. The van der Waals surface area contributed by atoms with Crippen molar-refractivity contribution < 1.29 is 0 Å². The van der Waals surface area contributed by atoms with Crippen molar-refractivity contribution in [2.24, 2.45) is 0 Å². The summed E-state index contributed by atoms with van der Waals surface area (Å²) in [6.07, 6.45) is 1.93. The second kappa shape index (κ2) is 6.47. The first-order valence-corrected chi connectivity index (χ1v) is 7.61. The van der Waals surface area contributed by atoms with Gasteiger partial charge < -0.3 is 5.32 Å². The van der Waals surface area contributed by atoms with Crippen LogP contribution in [-0.4, -0.2) is 9.97 Å². The minimum Gasteiger partial charge on any atom is -0.339 e. The molecule has 2 rings (SSSR count). The predicted molar refractivity (Wildman–Crippen MR) is 86.2 cm³/mol. The highest BCUT2D eigenvalue weighted by Gasteiger charge is 2.04. The van der Waals surface area contributed by atoms with Crippen LogP contribution in [0.25, 0.3) is 0 Å². The van der Waals surface area contributed by atoms with Gasteiger partial charge in [0.05, 0.1) is 5.69 Å². The highest BCUT2D eigenvalue weighted by atomic mass is 127. The molecular weight excluding hydrogens is 405 g/mol. The summed E-state index contributed by atoms with van der Waals surface area (Å²) < 4.78 is 1.98. The van der Waals surface area contributed by atoms with Gasteiger partial charge in [0.1, 0.15) is 16.2 Å². The molecule has 0 fully saturated rings. The van der Waals surface area contributed by atoms with Crippen LogP contribution in [0, 0.1) is 3.57 Å². The van der Waals surface area contributed by atoms with Gasteiger partial charge in [0.15, 0.2) is 0 Å². The van der Waals surface area contributed by atoms with Crippen LogP contribution in [-0.2, 0) is 6.42 Å². The molecule has 0 amide bonds. The zero-order valence-electron chi connectivity index (χ0n) is 9.95. The lowest BCUT2D eigenvalue weighted by Crippen LogP contribution is -2.01. The molecule has 0 aliphatic heterocycles. The monoisotopic (exact) mass is 417 g/mol. The molecule has 0 bridgehead atoms. The molecule has 1 heterocycles. The van der Waals surface area contributed by atoms with E-state index in [9.17, 15) is 0 Å². The van der Waals surface area contributed by atoms with Gasteiger partial charge >= 0.3 is 0 Å². The molecule has 1 aromatic carbocycles. The van der Waals surface area contributed by atoms with E-state index in [2.05, 4.69) is 66.8 Å². The highest BCUT2D eigenvalue weighted by molar-refractivity contribution is 14.1. The molecule has 1 aromatic heterocycles. The number of aromatic nitrogens is 2. The maximum atomic E-state index is 4.50. The van der Waals surface area contributed by atoms with Gasteiger partial charge in [0, 0.05) is 16.1 Å². The molecule has 0 saturated carbocycles. The summed E-state index contributed by atoms with van der Waals surface area (Å²) in [5, 5.41) is 3.32. The molecule has 0 saturated heterocycles. The second-order valence-electron chi connectivity index (χ2n) is 3.85. The lowest BCUT2D eigenvalue weighted by molar-refractivity contribution is 0.831. The van der Waals surface area contributed by atoms with Gasteiger partial charge in [0.2, 0.25) is 0 Å². The number of aryl methyl sites for hydroxylation is 1. The Balaban J connectivity index is 2.26. The van der Waals surface area contributed by atoms with Gasteiger partial charge in [-0.15, -0.1) is 0 Å². The zero-order valence-corrected chi connectivity index (χ0v) is 13.7. The Bertz CT molecular complexity index is 546. The summed E-state index contributed by atoms with van der Waals surface area (Å²) in [7, 11) is 0. The molecule has 0 aliphatic rings. The van der Waals surface area contributed by atoms with Crippen LogP contribution in [0.15, 0.2) is 34.9 Å². The summed E-state index contributed by atoms with van der Waals surface area (Å²) in [6, 6.07) is 10.0. The molecule has 0 spiro atoms. The van der Waals surface area contributed by atoms with E-state index in [4.69, 9.17) is 0 Å². The fraction of sp³-hybridized carbons (Fsp3) is 0.231. The Morgan fingerprint density at radius 1 is 1.28 bits per heavy atom. The number of halogens is 2. The lowest BCUT2D eigenvalue weighted by Gasteiger charge is -2.09. The van der Waals surface area contributed by atoms with Crippen molar-refractivity contribution in [3.05, 3.63) is 44.3 Å². The van der Waals surface area contributed by atoms with Crippen molar-refractivity contribution in [1.82, 2.24) is 9.97 Å². The van der Waals surface area contributed by atoms with Gasteiger partial charge in [-0.3, -0.25) is 0 Å². The minimum atomic E-state index is 0.814. The van der Waals surface area contributed by atoms with E-state index in [0.717, 1.165) is 34.8 Å². The minimum absolute atomic E-state index is 0.814. The van der Waals surface area contributed by atoms with Gasteiger partial charge in [-0.2, -0.15) is 0 Å². The van der Waals surface area contributed by atoms with Gasteiger partial charge in [-0.05, 0) is 57.1 Å². The molecular formula is C13H13BrIN3. The summed E-state index contributed by atoms with van der Waals surface area (Å²) in [4.78, 5) is 8.86. The van der Waals surface area contributed by atoms with E-state index in [1.54, 1.807) is 0 Å². The van der Waals surface area contributed by atoms with Crippen LogP contribution < -0.4 is 5.32 Å². The van der Waals surface area contributed by atoms with E-state index in [0.29, 0.717) is 0 Å². The van der Waals surface area contributed by atoms with Crippen molar-refractivity contribution in [2.45, 2.75) is 19.8 Å². The normalized spacial score (nSPS) is 10.4. The van der Waals surface area contributed by atoms with E-state index in [-0.39, 0.29) is 0 Å². The fourth-order valence-electron chi connectivity index (χ4n) is 1.56. The summed E-state index contributed by atoms with van der Waals surface area (Å²) in [6.45, 7) is 2.12. The van der Waals surface area contributed by atoms with Crippen molar-refractivity contribution in [2.75, 3.05) is 5.32 Å². The van der Waals surface area contributed by atoms with Gasteiger partial charge in [0.25, 0.3) is 0 Å². The lowest BCUT2D eigenvalue weighted by atomic mass is 10.3. The van der Waals surface area contributed by atoms with Crippen LogP contribution in [0.3, 0.4) is 0 Å². The maximum Gasteiger partial charge on any atom is 0.135 e. The Kier molecular flexibility index (Phi) is 4.94. The molecule has 3 nitrogen and oxygen atoms in total. The average Bonchev–Trinajstić information content (AvgIpc) is 2.32. The standard InChI is InChI=1S/C13H13BrIN3/c1-2-5-12-17-11(14)8-13(18-12)16-10-7-4-3-6-9(10)15/h3-4,6-8H,2,5H2,1H3,(H,16,17,18). The van der Waals surface area contributed by atoms with E-state index in [1.807, 2.05) is 24.3 Å². The topological polar surface area (TPSA) is 37.8 Å². The number of hydrogen-bond acceptors (Lipinski definition) is 3. The first-order chi connectivity index (χ1) is 8.69. The summed E-state index contributed by atoms with van der Waals surface area (Å²) in [5.41, 5.74) is 1.06. The SMILES string of the molecule is CCCc1nc(Br)cc(Nc2ccccc2I)n1. The average molecular weight is 418 g/mol. The van der Waals surface area contributed by atoms with Crippen molar-refractivity contribution in [1.29, 1.82) is 0 Å². The Morgan fingerprint density at radius 3 is 2.78 bits per heavy atom. The van der Waals surface area contributed by atoms with Crippen LogP contribution in [0.1, 0.15) is 19.2 Å². The molecule has 2 aromatic rings. The second-order valence-corrected chi connectivity index (χ2v) is 5.82. The smallest absolute Gasteiger partial charge is 0.135 e. The molecule has 94 valence electrons. The Hall–Kier alpha value is -0.690. The van der Waals surface area contributed by atoms with Crippen molar-refractivity contribution in [3.63, 3.8) is 0 Å². The largest absolute Gasteiger partial charge is 0.339 e. The molecule has 0 unspecified atom stereocenters. The number of hydrogen-bond donors (Lipinski definition) is 1. The highest BCUT2D eigenvalue weighted by Crippen LogP contribution is 2.22. The molecule has 5 heteroatoms. The van der Waals surface area contributed by atoms with Gasteiger partial charge in [-0.25, -0.2) is 9.97 Å². The predicted octanol–water partition coefficient (Wildman–Crippen LogP) is 4.54. The molecule has 0 aliphatic carbocycles. The Labute approximate surface area is 129 Å². The number of benzene rings is 1. The summed E-state index contributed by atoms with van der Waals surface area (Å²) in [5.74, 6) is 1.68. The third-order valence-corrected chi connectivity index (χ3v) is 3.70. The molecule has 0 radical (unpaired) electrons.